The van der Waals surface area contributed by atoms with Crippen LogP contribution in [0, 0.1) is 6.92 Å². The number of rotatable bonds is 2. The van der Waals surface area contributed by atoms with Crippen molar-refractivity contribution in [1.29, 1.82) is 0 Å². The van der Waals surface area contributed by atoms with Gasteiger partial charge in [-0.1, -0.05) is 0 Å². The van der Waals surface area contributed by atoms with Gasteiger partial charge in [0.25, 0.3) is 11.8 Å². The van der Waals surface area contributed by atoms with Crippen LogP contribution in [0.25, 0.3) is 5.65 Å². The average molecular weight is 373 g/mol. The number of hydrogen-bond acceptors (Lipinski definition) is 6. The molecule has 1 atom stereocenters. The zero-order chi connectivity index (χ0) is 19.0. The maximum atomic E-state index is 13.1. The first-order chi connectivity index (χ1) is 13.0. The number of aryl methyl sites for hydroxylation is 1. The van der Waals surface area contributed by atoms with E-state index in [1.165, 1.54) is 6.20 Å². The molecule has 2 saturated heterocycles. The Labute approximate surface area is 156 Å². The van der Waals surface area contributed by atoms with Crippen LogP contribution in [-0.4, -0.2) is 87.8 Å². The summed E-state index contributed by atoms with van der Waals surface area (Å²) in [5.74, 6) is -0.289. The van der Waals surface area contributed by atoms with Crippen molar-refractivity contribution in [3.05, 3.63) is 29.7 Å². The second kappa shape index (κ2) is 6.90. The van der Waals surface area contributed by atoms with Gasteiger partial charge in [-0.2, -0.15) is 5.10 Å². The molecule has 0 bridgehead atoms. The van der Waals surface area contributed by atoms with Crippen molar-refractivity contribution < 1.29 is 19.1 Å². The van der Waals surface area contributed by atoms with Gasteiger partial charge in [0.15, 0.2) is 11.2 Å². The highest BCUT2D eigenvalue weighted by Gasteiger charge is 2.43. The van der Waals surface area contributed by atoms with Crippen LogP contribution in [0.15, 0.2) is 18.6 Å². The minimum absolute atomic E-state index is 0.100. The van der Waals surface area contributed by atoms with E-state index in [2.05, 4.69) is 10.1 Å². The number of amides is 2. The molecule has 9 heteroatoms. The van der Waals surface area contributed by atoms with Gasteiger partial charge in [0.05, 0.1) is 32.6 Å². The van der Waals surface area contributed by atoms with Crippen LogP contribution in [0.3, 0.4) is 0 Å². The third-order valence-electron chi connectivity index (χ3n) is 5.03. The Bertz CT molecular complexity index is 876. The standard InChI is InChI=1S/C18H23N5O4/c1-13-9-19-15-14(10-20-23(15)11-13)16(24)22-5-8-27-18(2,12-22)17(25)21-3-6-26-7-4-21/h9-11H,3-8,12H2,1-2H3/t18-/m0/s1. The molecular weight excluding hydrogens is 350 g/mol. The van der Waals surface area contributed by atoms with Gasteiger partial charge in [-0.15, -0.1) is 0 Å². The Morgan fingerprint density at radius 3 is 2.63 bits per heavy atom. The van der Waals surface area contributed by atoms with Crippen molar-refractivity contribution in [2.75, 3.05) is 46.0 Å². The van der Waals surface area contributed by atoms with Gasteiger partial charge in [0, 0.05) is 32.0 Å². The largest absolute Gasteiger partial charge is 0.378 e. The Balaban J connectivity index is 1.54. The van der Waals surface area contributed by atoms with Gasteiger partial charge in [0.2, 0.25) is 0 Å². The van der Waals surface area contributed by atoms with Crippen LogP contribution in [0.1, 0.15) is 22.8 Å². The summed E-state index contributed by atoms with van der Waals surface area (Å²) in [6.45, 7) is 6.74. The molecule has 4 heterocycles. The third kappa shape index (κ3) is 3.28. The predicted molar refractivity (Wildman–Crippen MR) is 95.4 cm³/mol. The van der Waals surface area contributed by atoms with E-state index in [1.807, 2.05) is 13.1 Å². The molecule has 9 nitrogen and oxygen atoms in total. The van der Waals surface area contributed by atoms with Gasteiger partial charge < -0.3 is 19.3 Å². The summed E-state index contributed by atoms with van der Waals surface area (Å²) >= 11 is 0. The summed E-state index contributed by atoms with van der Waals surface area (Å²) in [4.78, 5) is 33.8. The van der Waals surface area contributed by atoms with Crippen LogP contribution >= 0.6 is 0 Å². The molecule has 0 aliphatic carbocycles. The summed E-state index contributed by atoms with van der Waals surface area (Å²) in [6.07, 6.45) is 5.06. The predicted octanol–water partition coefficient (Wildman–Crippen LogP) is 0.128. The molecule has 4 rings (SSSR count). The number of nitrogens with zero attached hydrogens (tertiary/aromatic N) is 5. The van der Waals surface area contributed by atoms with Gasteiger partial charge >= 0.3 is 0 Å². The van der Waals surface area contributed by atoms with Gasteiger partial charge in [-0.05, 0) is 19.4 Å². The number of ether oxygens (including phenoxy) is 2. The quantitative estimate of drug-likeness (QED) is 0.743. The number of carbonyl (C=O) groups is 2. The molecule has 27 heavy (non-hydrogen) atoms. The summed E-state index contributed by atoms with van der Waals surface area (Å²) in [5, 5.41) is 4.23. The molecule has 2 amide bonds. The van der Waals surface area contributed by atoms with E-state index >= 15 is 0 Å². The lowest BCUT2D eigenvalue weighted by Gasteiger charge is -2.42. The minimum atomic E-state index is -1.06. The van der Waals surface area contributed by atoms with Crippen molar-refractivity contribution in [1.82, 2.24) is 24.4 Å². The maximum absolute atomic E-state index is 13.1. The molecule has 2 fully saturated rings. The molecule has 0 N–H and O–H groups in total. The number of aromatic nitrogens is 3. The molecular formula is C18H23N5O4. The lowest BCUT2D eigenvalue weighted by Crippen LogP contribution is -2.61. The van der Waals surface area contributed by atoms with Crippen LogP contribution in [0.2, 0.25) is 0 Å². The third-order valence-corrected chi connectivity index (χ3v) is 5.03. The second-order valence-corrected chi connectivity index (χ2v) is 7.17. The summed E-state index contributed by atoms with van der Waals surface area (Å²) in [5.41, 5.74) is 0.842. The van der Waals surface area contributed by atoms with Crippen LogP contribution in [0.5, 0.6) is 0 Å². The lowest BCUT2D eigenvalue weighted by molar-refractivity contribution is -0.168. The summed E-state index contributed by atoms with van der Waals surface area (Å²) in [6, 6.07) is 0. The fourth-order valence-corrected chi connectivity index (χ4v) is 3.56. The number of fused-ring (bicyclic) bond motifs is 1. The Kier molecular flexibility index (Phi) is 4.56. The molecule has 0 spiro atoms. The molecule has 2 aliphatic rings. The molecule has 0 unspecified atom stereocenters. The van der Waals surface area contributed by atoms with E-state index in [-0.39, 0.29) is 18.4 Å². The zero-order valence-corrected chi connectivity index (χ0v) is 15.6. The topological polar surface area (TPSA) is 89.3 Å². The molecule has 2 aromatic rings. The van der Waals surface area contributed by atoms with Crippen molar-refractivity contribution in [3.63, 3.8) is 0 Å². The Morgan fingerprint density at radius 1 is 1.11 bits per heavy atom. The maximum Gasteiger partial charge on any atom is 0.259 e. The Hall–Kier alpha value is -2.52. The van der Waals surface area contributed by atoms with Gasteiger partial charge in [-0.3, -0.25) is 9.59 Å². The van der Waals surface area contributed by atoms with Crippen molar-refractivity contribution >= 4 is 17.5 Å². The SMILES string of the molecule is Cc1cnc2c(C(=O)N3CCO[C@](C)(C(=O)N4CCOCC4)C3)cnn2c1. The monoisotopic (exact) mass is 373 g/mol. The van der Waals surface area contributed by atoms with E-state index in [9.17, 15) is 9.59 Å². The Morgan fingerprint density at radius 2 is 1.85 bits per heavy atom. The second-order valence-electron chi connectivity index (χ2n) is 7.17. The molecule has 0 radical (unpaired) electrons. The number of hydrogen-bond donors (Lipinski definition) is 0. The zero-order valence-electron chi connectivity index (χ0n) is 15.6. The summed E-state index contributed by atoms with van der Waals surface area (Å²) in [7, 11) is 0. The first kappa shape index (κ1) is 17.9. The molecule has 0 aromatic carbocycles. The van der Waals surface area contributed by atoms with Crippen LogP contribution in [0.4, 0.5) is 0 Å². The average Bonchev–Trinajstić information content (AvgIpc) is 3.10. The summed E-state index contributed by atoms with van der Waals surface area (Å²) < 4.78 is 12.7. The van der Waals surface area contributed by atoms with Gasteiger partial charge in [-0.25, -0.2) is 9.50 Å². The minimum Gasteiger partial charge on any atom is -0.378 e. The van der Waals surface area contributed by atoms with Gasteiger partial charge in [0.1, 0.15) is 5.56 Å². The first-order valence-electron chi connectivity index (χ1n) is 9.08. The molecule has 144 valence electrons. The van der Waals surface area contributed by atoms with Crippen LogP contribution in [-0.2, 0) is 14.3 Å². The first-order valence-corrected chi connectivity index (χ1v) is 9.08. The fourth-order valence-electron chi connectivity index (χ4n) is 3.56. The van der Waals surface area contributed by atoms with E-state index in [4.69, 9.17) is 9.47 Å². The highest BCUT2D eigenvalue weighted by Crippen LogP contribution is 2.23. The lowest BCUT2D eigenvalue weighted by atomic mass is 10.0. The van der Waals surface area contributed by atoms with Crippen molar-refractivity contribution in [2.45, 2.75) is 19.4 Å². The van der Waals surface area contributed by atoms with Crippen molar-refractivity contribution in [2.24, 2.45) is 0 Å². The fraction of sp³-hybridized carbons (Fsp3) is 0.556. The molecule has 0 saturated carbocycles. The highest BCUT2D eigenvalue weighted by atomic mass is 16.5. The molecule has 2 aromatic heterocycles. The number of morpholine rings is 2. The van der Waals surface area contributed by atoms with E-state index < -0.39 is 5.60 Å². The van der Waals surface area contributed by atoms with Crippen LogP contribution < -0.4 is 0 Å². The van der Waals surface area contributed by atoms with E-state index in [1.54, 1.807) is 27.4 Å². The van der Waals surface area contributed by atoms with Crippen molar-refractivity contribution in [3.8, 4) is 0 Å². The van der Waals surface area contributed by atoms with E-state index in [0.717, 1.165) is 5.56 Å². The normalized spacial score (nSPS) is 23.6. The highest BCUT2D eigenvalue weighted by molar-refractivity contribution is 6.00. The number of carbonyl (C=O) groups excluding carboxylic acids is 2. The van der Waals surface area contributed by atoms with E-state index in [0.29, 0.717) is 50.7 Å². The molecule has 2 aliphatic heterocycles. The smallest absolute Gasteiger partial charge is 0.259 e.